The van der Waals surface area contributed by atoms with Crippen molar-refractivity contribution in [2.24, 2.45) is 10.2 Å². The first-order chi connectivity index (χ1) is 11.8. The lowest BCUT2D eigenvalue weighted by atomic mass is 9.92. The molecule has 3 heteroatoms. The molecule has 0 aromatic heterocycles. The van der Waals surface area contributed by atoms with E-state index in [0.717, 1.165) is 16.5 Å². The van der Waals surface area contributed by atoms with Crippen LogP contribution >= 0.6 is 0 Å². The Morgan fingerprint density at radius 1 is 0.583 bits per heavy atom. The Morgan fingerprint density at radius 2 is 1.38 bits per heavy atom. The zero-order valence-corrected chi connectivity index (χ0v) is 12.7. The standard InChI is InChI=1S/C21H12N2O/c24-21-20-18(9-4-10-19(20)22-23-21)16-8-3-7-15-14-6-2-1-5-13(14)11-12-17(15)16/h1-12H. The first-order valence-corrected chi connectivity index (χ1v) is 7.83. The second kappa shape index (κ2) is 4.83. The summed E-state index contributed by atoms with van der Waals surface area (Å²) in [7, 11) is 0. The topological polar surface area (TPSA) is 41.8 Å². The molecule has 0 N–H and O–H groups in total. The fraction of sp³-hybridized carbons (Fsp3) is 0. The van der Waals surface area contributed by atoms with E-state index in [9.17, 15) is 4.79 Å². The quantitative estimate of drug-likeness (QED) is 0.404. The van der Waals surface area contributed by atoms with E-state index in [2.05, 4.69) is 52.7 Å². The van der Waals surface area contributed by atoms with Gasteiger partial charge in [-0.05, 0) is 38.7 Å². The van der Waals surface area contributed by atoms with Gasteiger partial charge in [0.15, 0.2) is 0 Å². The molecule has 0 saturated heterocycles. The van der Waals surface area contributed by atoms with Gasteiger partial charge in [0.1, 0.15) is 0 Å². The molecule has 0 bridgehead atoms. The molecule has 0 radical (unpaired) electrons. The number of hydrogen-bond acceptors (Lipinski definition) is 2. The Balaban J connectivity index is 1.88. The third kappa shape index (κ3) is 1.75. The summed E-state index contributed by atoms with van der Waals surface area (Å²) in [5.41, 5.74) is 3.17. The number of hydrogen-bond donors (Lipinski definition) is 0. The molecule has 112 valence electrons. The molecule has 1 aliphatic heterocycles. The number of fused-ring (bicyclic) bond motifs is 4. The maximum absolute atomic E-state index is 12.1. The third-order valence-corrected chi connectivity index (χ3v) is 4.58. The molecule has 0 aliphatic carbocycles. The Labute approximate surface area is 138 Å². The van der Waals surface area contributed by atoms with E-state index in [1.165, 1.54) is 16.2 Å². The van der Waals surface area contributed by atoms with Gasteiger partial charge in [-0.15, -0.1) is 10.2 Å². The van der Waals surface area contributed by atoms with Gasteiger partial charge in [0.05, 0.1) is 11.3 Å². The van der Waals surface area contributed by atoms with Crippen LogP contribution < -0.4 is 0 Å². The maximum atomic E-state index is 12.1. The van der Waals surface area contributed by atoms with Crippen molar-refractivity contribution in [3.05, 3.63) is 78.4 Å². The Kier molecular flexibility index (Phi) is 2.65. The zero-order valence-electron chi connectivity index (χ0n) is 12.7. The Bertz CT molecular complexity index is 1180. The van der Waals surface area contributed by atoms with Crippen molar-refractivity contribution in [2.45, 2.75) is 0 Å². The summed E-state index contributed by atoms with van der Waals surface area (Å²) in [5.74, 6) is -0.265. The zero-order chi connectivity index (χ0) is 16.1. The van der Waals surface area contributed by atoms with Crippen molar-refractivity contribution in [3.63, 3.8) is 0 Å². The minimum atomic E-state index is -0.265. The lowest BCUT2D eigenvalue weighted by molar-refractivity contribution is 0.100. The summed E-state index contributed by atoms with van der Waals surface area (Å²) >= 11 is 0. The number of rotatable bonds is 1. The lowest BCUT2D eigenvalue weighted by Gasteiger charge is -2.11. The van der Waals surface area contributed by atoms with E-state index in [1.54, 1.807) is 0 Å². The van der Waals surface area contributed by atoms with Crippen molar-refractivity contribution < 1.29 is 4.79 Å². The van der Waals surface area contributed by atoms with Gasteiger partial charge in [0, 0.05) is 0 Å². The van der Waals surface area contributed by atoms with Crippen LogP contribution in [0.5, 0.6) is 0 Å². The van der Waals surface area contributed by atoms with Crippen LogP contribution in [0, 0.1) is 0 Å². The molecule has 1 aliphatic rings. The average Bonchev–Trinajstić information content (AvgIpc) is 3.02. The van der Waals surface area contributed by atoms with E-state index in [-0.39, 0.29) is 5.91 Å². The van der Waals surface area contributed by atoms with Gasteiger partial charge in [-0.1, -0.05) is 66.7 Å². The monoisotopic (exact) mass is 308 g/mol. The smallest absolute Gasteiger partial charge is 0.265 e. The van der Waals surface area contributed by atoms with E-state index >= 15 is 0 Å². The highest BCUT2D eigenvalue weighted by Gasteiger charge is 2.22. The summed E-state index contributed by atoms with van der Waals surface area (Å²) in [5, 5.41) is 12.4. The van der Waals surface area contributed by atoms with Gasteiger partial charge in [-0.3, -0.25) is 4.79 Å². The number of benzene rings is 4. The highest BCUT2D eigenvalue weighted by atomic mass is 16.2. The molecule has 24 heavy (non-hydrogen) atoms. The normalized spacial score (nSPS) is 12.9. The van der Waals surface area contributed by atoms with Crippen LogP contribution in [0.3, 0.4) is 0 Å². The van der Waals surface area contributed by atoms with Crippen LogP contribution in [0.4, 0.5) is 5.69 Å². The van der Waals surface area contributed by atoms with Crippen LogP contribution in [0.15, 0.2) is 83.0 Å². The second-order valence-electron chi connectivity index (χ2n) is 5.89. The molecule has 3 nitrogen and oxygen atoms in total. The van der Waals surface area contributed by atoms with Gasteiger partial charge in [0.2, 0.25) is 0 Å². The van der Waals surface area contributed by atoms with Crippen molar-refractivity contribution in [1.29, 1.82) is 0 Å². The van der Waals surface area contributed by atoms with Crippen LogP contribution in [0.2, 0.25) is 0 Å². The largest absolute Gasteiger partial charge is 0.298 e. The van der Waals surface area contributed by atoms with E-state index in [0.29, 0.717) is 11.3 Å². The fourth-order valence-electron chi connectivity index (χ4n) is 3.50. The van der Waals surface area contributed by atoms with Crippen LogP contribution in [-0.4, -0.2) is 5.91 Å². The molecule has 0 atom stereocenters. The molecular weight excluding hydrogens is 296 g/mol. The van der Waals surface area contributed by atoms with Gasteiger partial charge in [-0.25, -0.2) is 0 Å². The van der Waals surface area contributed by atoms with E-state index in [1.807, 2.05) is 30.3 Å². The molecule has 4 aromatic rings. The predicted molar refractivity (Wildman–Crippen MR) is 95.7 cm³/mol. The molecule has 0 fully saturated rings. The highest BCUT2D eigenvalue weighted by molar-refractivity contribution is 6.15. The summed E-state index contributed by atoms with van der Waals surface area (Å²) in [6, 6.07) is 24.5. The molecule has 5 rings (SSSR count). The van der Waals surface area contributed by atoms with Crippen LogP contribution in [0.25, 0.3) is 32.7 Å². The summed E-state index contributed by atoms with van der Waals surface area (Å²) < 4.78 is 0. The predicted octanol–water partition coefficient (Wildman–Crippen LogP) is 5.90. The molecule has 1 heterocycles. The SMILES string of the molecule is O=C1N=Nc2cccc(-c3cccc4c3ccc3ccccc34)c21. The first-order valence-electron chi connectivity index (χ1n) is 7.83. The highest BCUT2D eigenvalue weighted by Crippen LogP contribution is 2.39. The number of carbonyl (C=O) groups excluding carboxylic acids is 1. The molecule has 4 aromatic carbocycles. The van der Waals surface area contributed by atoms with Crippen molar-refractivity contribution >= 4 is 33.1 Å². The summed E-state index contributed by atoms with van der Waals surface area (Å²) in [6.45, 7) is 0. The third-order valence-electron chi connectivity index (χ3n) is 4.58. The van der Waals surface area contributed by atoms with Gasteiger partial charge in [0.25, 0.3) is 5.91 Å². The van der Waals surface area contributed by atoms with E-state index in [4.69, 9.17) is 0 Å². The minimum Gasteiger partial charge on any atom is -0.265 e. The second-order valence-corrected chi connectivity index (χ2v) is 5.89. The average molecular weight is 308 g/mol. The fourth-order valence-corrected chi connectivity index (χ4v) is 3.50. The van der Waals surface area contributed by atoms with Crippen molar-refractivity contribution in [2.75, 3.05) is 0 Å². The van der Waals surface area contributed by atoms with E-state index < -0.39 is 0 Å². The van der Waals surface area contributed by atoms with Gasteiger partial charge < -0.3 is 0 Å². The number of nitrogens with zero attached hydrogens (tertiary/aromatic N) is 2. The van der Waals surface area contributed by atoms with Crippen molar-refractivity contribution in [3.8, 4) is 11.1 Å². The summed E-state index contributed by atoms with van der Waals surface area (Å²) in [4.78, 5) is 12.1. The number of amides is 1. The van der Waals surface area contributed by atoms with Crippen LogP contribution in [-0.2, 0) is 0 Å². The molecule has 0 spiro atoms. The maximum Gasteiger partial charge on any atom is 0.298 e. The van der Waals surface area contributed by atoms with Crippen LogP contribution in [0.1, 0.15) is 10.4 Å². The number of carbonyl (C=O) groups is 1. The lowest BCUT2D eigenvalue weighted by Crippen LogP contribution is -1.94. The Hall–Kier alpha value is -3.33. The number of azo groups is 1. The molecule has 0 unspecified atom stereocenters. The molecule has 1 amide bonds. The summed E-state index contributed by atoms with van der Waals surface area (Å²) in [6.07, 6.45) is 0. The van der Waals surface area contributed by atoms with Gasteiger partial charge in [-0.2, -0.15) is 0 Å². The van der Waals surface area contributed by atoms with Crippen molar-refractivity contribution in [1.82, 2.24) is 0 Å². The Morgan fingerprint density at radius 3 is 2.33 bits per heavy atom. The minimum absolute atomic E-state index is 0.265. The molecular formula is C21H12N2O. The first kappa shape index (κ1) is 13.1. The van der Waals surface area contributed by atoms with Gasteiger partial charge >= 0.3 is 0 Å². The molecule has 0 saturated carbocycles.